The Morgan fingerprint density at radius 1 is 1.26 bits per heavy atom. The molecule has 27 heavy (non-hydrogen) atoms. The smallest absolute Gasteiger partial charge is 0.310 e. The van der Waals surface area contributed by atoms with E-state index in [-0.39, 0.29) is 18.0 Å². The second-order valence-electron chi connectivity index (χ2n) is 5.81. The quantitative estimate of drug-likeness (QED) is 0.529. The first-order chi connectivity index (χ1) is 12.9. The third kappa shape index (κ3) is 4.27. The van der Waals surface area contributed by atoms with Gasteiger partial charge in [0.2, 0.25) is 0 Å². The molecule has 2 heterocycles. The molecule has 2 aromatic heterocycles. The van der Waals surface area contributed by atoms with Gasteiger partial charge in [0, 0.05) is 11.8 Å². The van der Waals surface area contributed by atoms with Gasteiger partial charge in [-0.05, 0) is 38.1 Å². The average molecular weight is 367 g/mol. The van der Waals surface area contributed by atoms with Crippen LogP contribution >= 0.6 is 0 Å². The van der Waals surface area contributed by atoms with Crippen LogP contribution in [-0.2, 0) is 4.79 Å². The minimum Gasteiger partial charge on any atom is -0.477 e. The number of nitro benzene ring substituents is 1. The molecule has 3 aromatic rings. The molecule has 0 bridgehead atoms. The normalized spacial score (nSPS) is 10.4. The first kappa shape index (κ1) is 18.1. The molecule has 9 nitrogen and oxygen atoms in total. The van der Waals surface area contributed by atoms with Crippen molar-refractivity contribution in [3.8, 4) is 11.6 Å². The zero-order valence-corrected chi connectivity index (χ0v) is 14.7. The minimum atomic E-state index is -0.561. The molecule has 0 saturated heterocycles. The van der Waals surface area contributed by atoms with Crippen LogP contribution in [0.15, 0.2) is 48.7 Å². The number of hydrogen-bond donors (Lipinski definition) is 1. The number of aryl methyl sites for hydroxylation is 2. The highest BCUT2D eigenvalue weighted by atomic mass is 16.6. The third-order valence-electron chi connectivity index (χ3n) is 3.68. The molecule has 0 aliphatic heterocycles. The van der Waals surface area contributed by atoms with Gasteiger partial charge in [-0.1, -0.05) is 12.1 Å². The molecule has 138 valence electrons. The Hall–Kier alpha value is -3.75. The lowest BCUT2D eigenvalue weighted by molar-refractivity contribution is -0.385. The fraction of sp³-hybridized carbons (Fsp3) is 0.167. The molecular formula is C18H17N5O4. The number of nitrogens with zero attached hydrogens (tertiary/aromatic N) is 4. The van der Waals surface area contributed by atoms with Crippen LogP contribution in [0.25, 0.3) is 5.82 Å². The van der Waals surface area contributed by atoms with Crippen molar-refractivity contribution >= 4 is 17.3 Å². The molecule has 0 aliphatic rings. The van der Waals surface area contributed by atoms with Crippen molar-refractivity contribution in [2.45, 2.75) is 13.8 Å². The van der Waals surface area contributed by atoms with Crippen molar-refractivity contribution in [1.29, 1.82) is 0 Å². The molecular weight excluding hydrogens is 350 g/mol. The van der Waals surface area contributed by atoms with Crippen LogP contribution in [0.5, 0.6) is 5.75 Å². The number of nitro groups is 1. The van der Waals surface area contributed by atoms with E-state index in [1.165, 1.54) is 24.4 Å². The fourth-order valence-corrected chi connectivity index (χ4v) is 2.52. The van der Waals surface area contributed by atoms with Crippen LogP contribution in [0.3, 0.4) is 0 Å². The van der Waals surface area contributed by atoms with Gasteiger partial charge in [0.05, 0.1) is 22.5 Å². The van der Waals surface area contributed by atoms with Gasteiger partial charge in [-0.25, -0.2) is 9.67 Å². The first-order valence-corrected chi connectivity index (χ1v) is 8.10. The van der Waals surface area contributed by atoms with Crippen molar-refractivity contribution in [3.63, 3.8) is 0 Å². The Labute approximate surface area is 154 Å². The van der Waals surface area contributed by atoms with E-state index in [0.717, 1.165) is 11.4 Å². The Morgan fingerprint density at radius 2 is 2.04 bits per heavy atom. The molecule has 0 unspecified atom stereocenters. The third-order valence-corrected chi connectivity index (χ3v) is 3.68. The van der Waals surface area contributed by atoms with Gasteiger partial charge in [-0.3, -0.25) is 14.9 Å². The lowest BCUT2D eigenvalue weighted by Crippen LogP contribution is -2.20. The second-order valence-corrected chi connectivity index (χ2v) is 5.81. The van der Waals surface area contributed by atoms with E-state index in [2.05, 4.69) is 15.4 Å². The summed E-state index contributed by atoms with van der Waals surface area (Å²) in [7, 11) is 0. The number of ether oxygens (including phenoxy) is 1. The molecule has 0 spiro atoms. The highest BCUT2D eigenvalue weighted by molar-refractivity contribution is 5.91. The summed E-state index contributed by atoms with van der Waals surface area (Å²) in [5.74, 6) is 0.222. The van der Waals surface area contributed by atoms with Gasteiger partial charge in [0.15, 0.2) is 18.2 Å². The molecule has 1 amide bonds. The van der Waals surface area contributed by atoms with E-state index in [4.69, 9.17) is 4.74 Å². The summed E-state index contributed by atoms with van der Waals surface area (Å²) in [5.41, 5.74) is 2.13. The second kappa shape index (κ2) is 7.65. The van der Waals surface area contributed by atoms with Crippen molar-refractivity contribution in [1.82, 2.24) is 14.8 Å². The van der Waals surface area contributed by atoms with Crippen LogP contribution in [-0.4, -0.2) is 32.2 Å². The zero-order chi connectivity index (χ0) is 19.4. The molecule has 0 saturated carbocycles. The molecule has 0 fully saturated rings. The number of rotatable bonds is 6. The van der Waals surface area contributed by atoms with E-state index in [0.29, 0.717) is 11.5 Å². The largest absolute Gasteiger partial charge is 0.477 e. The van der Waals surface area contributed by atoms with Crippen LogP contribution in [0.2, 0.25) is 0 Å². The summed E-state index contributed by atoms with van der Waals surface area (Å²) >= 11 is 0. The maximum atomic E-state index is 12.0. The SMILES string of the molecule is Cc1cc(C)n(-c2ccc(NC(=O)COc3ccccc3[N+](=O)[O-])cn2)n1. The predicted molar refractivity (Wildman–Crippen MR) is 98.1 cm³/mol. The van der Waals surface area contributed by atoms with E-state index in [9.17, 15) is 14.9 Å². The lowest BCUT2D eigenvalue weighted by Gasteiger charge is -2.08. The molecule has 0 radical (unpaired) electrons. The molecule has 0 atom stereocenters. The minimum absolute atomic E-state index is 0.0376. The number of para-hydroxylation sites is 2. The maximum Gasteiger partial charge on any atom is 0.310 e. The first-order valence-electron chi connectivity index (χ1n) is 8.10. The van der Waals surface area contributed by atoms with Crippen LogP contribution < -0.4 is 10.1 Å². The fourth-order valence-electron chi connectivity index (χ4n) is 2.52. The predicted octanol–water partition coefficient (Wildman–Crippen LogP) is 2.81. The summed E-state index contributed by atoms with van der Waals surface area (Å²) in [6.45, 7) is 3.47. The van der Waals surface area contributed by atoms with E-state index in [1.54, 1.807) is 22.9 Å². The Morgan fingerprint density at radius 3 is 2.67 bits per heavy atom. The highest BCUT2D eigenvalue weighted by Gasteiger charge is 2.15. The van der Waals surface area contributed by atoms with E-state index in [1.807, 2.05) is 19.9 Å². The summed E-state index contributed by atoms with van der Waals surface area (Å²) < 4.78 is 6.96. The number of carbonyl (C=O) groups excluding carboxylic acids is 1. The highest BCUT2D eigenvalue weighted by Crippen LogP contribution is 2.25. The molecule has 9 heteroatoms. The van der Waals surface area contributed by atoms with Crippen molar-refractivity contribution in [2.75, 3.05) is 11.9 Å². The van der Waals surface area contributed by atoms with Gasteiger partial charge < -0.3 is 10.1 Å². The van der Waals surface area contributed by atoms with E-state index >= 15 is 0 Å². The molecule has 0 aliphatic carbocycles. The Balaban J connectivity index is 1.62. The summed E-state index contributed by atoms with van der Waals surface area (Å²) in [6.07, 6.45) is 1.51. The van der Waals surface area contributed by atoms with Crippen LogP contribution in [0.1, 0.15) is 11.4 Å². The summed E-state index contributed by atoms with van der Waals surface area (Å²) in [5, 5.41) is 17.9. The van der Waals surface area contributed by atoms with Gasteiger partial charge >= 0.3 is 5.69 Å². The standard InChI is InChI=1S/C18H17N5O4/c1-12-9-13(2)22(21-12)17-8-7-14(10-19-17)20-18(24)11-27-16-6-4-3-5-15(16)23(25)26/h3-10H,11H2,1-2H3,(H,20,24). The van der Waals surface area contributed by atoms with Crippen molar-refractivity contribution in [2.24, 2.45) is 0 Å². The van der Waals surface area contributed by atoms with Crippen LogP contribution in [0.4, 0.5) is 11.4 Å². The maximum absolute atomic E-state index is 12.0. The number of pyridine rings is 1. The Kier molecular flexibility index (Phi) is 5.11. The van der Waals surface area contributed by atoms with E-state index < -0.39 is 10.8 Å². The topological polar surface area (TPSA) is 112 Å². The molecule has 1 N–H and O–H groups in total. The van der Waals surface area contributed by atoms with Crippen LogP contribution in [0, 0.1) is 24.0 Å². The van der Waals surface area contributed by atoms with Gasteiger partial charge in [0.1, 0.15) is 0 Å². The summed E-state index contributed by atoms with van der Waals surface area (Å²) in [6, 6.07) is 11.3. The molecule has 3 rings (SSSR count). The average Bonchev–Trinajstić information content (AvgIpc) is 2.99. The van der Waals surface area contributed by atoms with Gasteiger partial charge in [0.25, 0.3) is 5.91 Å². The summed E-state index contributed by atoms with van der Waals surface area (Å²) in [4.78, 5) is 26.7. The van der Waals surface area contributed by atoms with Crippen molar-refractivity contribution in [3.05, 3.63) is 70.2 Å². The number of anilines is 1. The number of benzene rings is 1. The molecule has 1 aromatic carbocycles. The number of amides is 1. The zero-order valence-electron chi connectivity index (χ0n) is 14.7. The van der Waals surface area contributed by atoms with Crippen molar-refractivity contribution < 1.29 is 14.5 Å². The van der Waals surface area contributed by atoms with Gasteiger partial charge in [-0.15, -0.1) is 0 Å². The number of hydrogen-bond acceptors (Lipinski definition) is 6. The monoisotopic (exact) mass is 367 g/mol. The number of aromatic nitrogens is 3. The Bertz CT molecular complexity index is 982. The lowest BCUT2D eigenvalue weighted by atomic mass is 10.3. The number of nitrogens with one attached hydrogen (secondary N) is 1. The number of carbonyl (C=O) groups is 1. The van der Waals surface area contributed by atoms with Gasteiger partial charge in [-0.2, -0.15) is 5.10 Å².